The highest BCUT2D eigenvalue weighted by Gasteiger charge is 2.22. The van der Waals surface area contributed by atoms with Crippen molar-refractivity contribution in [2.24, 2.45) is 11.7 Å². The van der Waals surface area contributed by atoms with Crippen LogP contribution in [-0.4, -0.2) is 32.8 Å². The molecule has 2 atom stereocenters. The molecule has 1 saturated heterocycles. The Morgan fingerprint density at radius 2 is 2.30 bits per heavy atom. The van der Waals surface area contributed by atoms with Crippen molar-refractivity contribution < 1.29 is 4.74 Å². The maximum Gasteiger partial charge on any atom is 0.0507 e. The second-order valence-electron chi connectivity index (χ2n) is 5.86. The van der Waals surface area contributed by atoms with Crippen molar-refractivity contribution in [2.75, 3.05) is 31.7 Å². The summed E-state index contributed by atoms with van der Waals surface area (Å²) in [5.41, 5.74) is 8.50. The summed E-state index contributed by atoms with van der Waals surface area (Å²) in [7, 11) is 1.78. The van der Waals surface area contributed by atoms with Crippen LogP contribution < -0.4 is 10.6 Å². The predicted molar refractivity (Wildman–Crippen MR) is 85.6 cm³/mol. The van der Waals surface area contributed by atoms with Crippen molar-refractivity contribution >= 4 is 17.3 Å². The lowest BCUT2D eigenvalue weighted by molar-refractivity contribution is 0.143. The van der Waals surface area contributed by atoms with Gasteiger partial charge in [0.1, 0.15) is 0 Å². The minimum atomic E-state index is 0.162. The van der Waals surface area contributed by atoms with Gasteiger partial charge in [0, 0.05) is 37.0 Å². The second kappa shape index (κ2) is 7.30. The van der Waals surface area contributed by atoms with Gasteiger partial charge in [-0.25, -0.2) is 0 Å². The molecule has 3 nitrogen and oxygen atoms in total. The van der Waals surface area contributed by atoms with E-state index in [2.05, 4.69) is 17.0 Å². The first-order chi connectivity index (χ1) is 9.60. The van der Waals surface area contributed by atoms with Gasteiger partial charge in [0.25, 0.3) is 0 Å². The Bertz CT molecular complexity index is 434. The highest BCUT2D eigenvalue weighted by Crippen LogP contribution is 2.30. The van der Waals surface area contributed by atoms with Crippen LogP contribution >= 0.6 is 11.6 Å². The maximum atomic E-state index is 6.19. The smallest absolute Gasteiger partial charge is 0.0507 e. The number of anilines is 1. The second-order valence-corrected chi connectivity index (χ2v) is 6.30. The fourth-order valence-corrected chi connectivity index (χ4v) is 3.17. The van der Waals surface area contributed by atoms with Gasteiger partial charge in [0.2, 0.25) is 0 Å². The van der Waals surface area contributed by atoms with Gasteiger partial charge >= 0.3 is 0 Å². The van der Waals surface area contributed by atoms with Crippen LogP contribution in [0, 0.1) is 5.92 Å². The van der Waals surface area contributed by atoms with Gasteiger partial charge < -0.3 is 15.4 Å². The molecule has 0 spiro atoms. The summed E-state index contributed by atoms with van der Waals surface area (Å²) < 4.78 is 5.31. The first kappa shape index (κ1) is 15.6. The molecule has 2 N–H and O–H groups in total. The van der Waals surface area contributed by atoms with Crippen LogP contribution in [0.15, 0.2) is 18.2 Å². The van der Waals surface area contributed by atoms with Crippen LogP contribution in [-0.2, 0) is 11.2 Å². The zero-order valence-corrected chi connectivity index (χ0v) is 13.2. The third kappa shape index (κ3) is 4.11. The van der Waals surface area contributed by atoms with Gasteiger partial charge in [0.05, 0.1) is 6.61 Å². The van der Waals surface area contributed by atoms with Crippen LogP contribution in [0.1, 0.15) is 25.3 Å². The van der Waals surface area contributed by atoms with Crippen molar-refractivity contribution in [1.82, 2.24) is 0 Å². The largest absolute Gasteiger partial charge is 0.384 e. The van der Waals surface area contributed by atoms with Gasteiger partial charge in [-0.2, -0.15) is 0 Å². The zero-order valence-electron chi connectivity index (χ0n) is 12.4. The molecule has 1 fully saturated rings. The third-order valence-electron chi connectivity index (χ3n) is 3.85. The molecular formula is C16H25ClN2O. The van der Waals surface area contributed by atoms with Gasteiger partial charge in [0.15, 0.2) is 0 Å². The molecule has 0 saturated carbocycles. The summed E-state index contributed by atoms with van der Waals surface area (Å²) in [5, 5.41) is 0.794. The van der Waals surface area contributed by atoms with Gasteiger partial charge in [-0.15, -0.1) is 0 Å². The number of hydrogen-bond donors (Lipinski definition) is 1. The number of hydrogen-bond acceptors (Lipinski definition) is 3. The number of nitrogens with zero attached hydrogens (tertiary/aromatic N) is 1. The fourth-order valence-electron chi connectivity index (χ4n) is 3.01. The summed E-state index contributed by atoms with van der Waals surface area (Å²) in [6, 6.07) is 6.31. The van der Waals surface area contributed by atoms with Crippen molar-refractivity contribution in [3.8, 4) is 0 Å². The Labute approximate surface area is 127 Å². The normalized spacial score (nSPS) is 21.0. The molecule has 1 aromatic rings. The van der Waals surface area contributed by atoms with E-state index in [1.165, 1.54) is 24.1 Å². The summed E-state index contributed by atoms with van der Waals surface area (Å²) in [6.07, 6.45) is 3.34. The van der Waals surface area contributed by atoms with Crippen molar-refractivity contribution in [3.05, 3.63) is 28.8 Å². The van der Waals surface area contributed by atoms with Gasteiger partial charge in [-0.1, -0.05) is 17.7 Å². The summed E-state index contributed by atoms with van der Waals surface area (Å²) in [6.45, 7) is 5.01. The molecule has 2 unspecified atom stereocenters. The molecule has 1 aliphatic heterocycles. The quantitative estimate of drug-likeness (QED) is 0.907. The molecule has 1 heterocycles. The molecule has 4 heteroatoms. The lowest BCUT2D eigenvalue weighted by Crippen LogP contribution is -2.38. The lowest BCUT2D eigenvalue weighted by Gasteiger charge is -2.35. The van der Waals surface area contributed by atoms with E-state index in [9.17, 15) is 0 Å². The Balaban J connectivity index is 2.19. The Morgan fingerprint density at radius 3 is 3.00 bits per heavy atom. The summed E-state index contributed by atoms with van der Waals surface area (Å²) in [4.78, 5) is 2.44. The summed E-state index contributed by atoms with van der Waals surface area (Å²) in [5.74, 6) is 0.607. The van der Waals surface area contributed by atoms with Gasteiger partial charge in [-0.05, 0) is 49.8 Å². The van der Waals surface area contributed by atoms with E-state index in [1.807, 2.05) is 13.0 Å². The third-order valence-corrected chi connectivity index (χ3v) is 4.09. The number of benzene rings is 1. The molecule has 0 aliphatic carbocycles. The van der Waals surface area contributed by atoms with E-state index in [4.69, 9.17) is 22.1 Å². The highest BCUT2D eigenvalue weighted by atomic mass is 35.5. The topological polar surface area (TPSA) is 38.5 Å². The zero-order chi connectivity index (χ0) is 14.5. The fraction of sp³-hybridized carbons (Fsp3) is 0.625. The van der Waals surface area contributed by atoms with Crippen LogP contribution in [0.3, 0.4) is 0 Å². The SMILES string of the molecule is COCC1CCCN(c2cc(Cl)ccc2CC(C)N)C1. The Kier molecular flexibility index (Phi) is 5.70. The monoisotopic (exact) mass is 296 g/mol. The van der Waals surface area contributed by atoms with Gasteiger partial charge in [-0.3, -0.25) is 0 Å². The first-order valence-corrected chi connectivity index (χ1v) is 7.76. The van der Waals surface area contributed by atoms with E-state index >= 15 is 0 Å². The molecule has 0 radical (unpaired) electrons. The van der Waals surface area contributed by atoms with Crippen molar-refractivity contribution in [1.29, 1.82) is 0 Å². The highest BCUT2D eigenvalue weighted by molar-refractivity contribution is 6.30. The number of nitrogens with two attached hydrogens (primary N) is 1. The van der Waals surface area contributed by atoms with Crippen molar-refractivity contribution in [3.63, 3.8) is 0 Å². The van der Waals surface area contributed by atoms with Crippen LogP contribution in [0.4, 0.5) is 5.69 Å². The van der Waals surface area contributed by atoms with Crippen LogP contribution in [0.25, 0.3) is 0 Å². The van der Waals surface area contributed by atoms with Crippen LogP contribution in [0.5, 0.6) is 0 Å². The Morgan fingerprint density at radius 1 is 1.50 bits per heavy atom. The molecule has 1 aromatic carbocycles. The number of piperidine rings is 1. The molecule has 0 amide bonds. The first-order valence-electron chi connectivity index (χ1n) is 7.38. The molecule has 20 heavy (non-hydrogen) atoms. The molecule has 1 aliphatic rings. The van der Waals surface area contributed by atoms with E-state index < -0.39 is 0 Å². The average Bonchev–Trinajstić information content (AvgIpc) is 2.41. The van der Waals surface area contributed by atoms with Crippen molar-refractivity contribution in [2.45, 2.75) is 32.2 Å². The maximum absolute atomic E-state index is 6.19. The minimum Gasteiger partial charge on any atom is -0.384 e. The summed E-state index contributed by atoms with van der Waals surface area (Å²) >= 11 is 6.19. The number of ether oxygens (including phenoxy) is 1. The predicted octanol–water partition coefficient (Wildman–Crippen LogP) is 3.09. The lowest BCUT2D eigenvalue weighted by atomic mass is 9.96. The molecule has 0 aromatic heterocycles. The number of rotatable bonds is 5. The van der Waals surface area contributed by atoms with E-state index in [-0.39, 0.29) is 6.04 Å². The molecule has 0 bridgehead atoms. The van der Waals surface area contributed by atoms with E-state index in [0.717, 1.165) is 31.1 Å². The molecular weight excluding hydrogens is 272 g/mol. The number of methoxy groups -OCH3 is 1. The average molecular weight is 297 g/mol. The minimum absolute atomic E-state index is 0.162. The number of halogens is 1. The molecule has 112 valence electrons. The Hall–Kier alpha value is -0.770. The standard InChI is InChI=1S/C16H25ClN2O/c1-12(18)8-14-5-6-15(17)9-16(14)19-7-3-4-13(10-19)11-20-2/h5-6,9,12-13H,3-4,7-8,10-11,18H2,1-2H3. The van der Waals surface area contributed by atoms with E-state index in [1.54, 1.807) is 7.11 Å². The van der Waals surface area contributed by atoms with E-state index in [0.29, 0.717) is 5.92 Å². The van der Waals surface area contributed by atoms with Crippen LogP contribution in [0.2, 0.25) is 5.02 Å². The molecule has 2 rings (SSSR count).